The molecule has 67 valence electrons. The minimum atomic E-state index is 1.24. The van der Waals surface area contributed by atoms with Crippen molar-refractivity contribution >= 4 is 0 Å². The van der Waals surface area contributed by atoms with Crippen molar-refractivity contribution in [2.24, 2.45) is 0 Å². The number of rotatable bonds is 0. The zero-order valence-corrected chi connectivity index (χ0v) is 7.84. The number of hydrogen-bond donors (Lipinski definition) is 0. The molecule has 12 heavy (non-hydrogen) atoms. The highest BCUT2D eigenvalue weighted by atomic mass is 13.9. The van der Waals surface area contributed by atoms with Gasteiger partial charge in [0.1, 0.15) is 0 Å². The highest BCUT2D eigenvalue weighted by Gasteiger charge is 1.88. The molecule has 0 bridgehead atoms. The van der Waals surface area contributed by atoms with Crippen molar-refractivity contribution in [2.75, 3.05) is 0 Å². The van der Waals surface area contributed by atoms with Crippen LogP contribution < -0.4 is 0 Å². The summed E-state index contributed by atoms with van der Waals surface area (Å²) >= 11 is 0. The third kappa shape index (κ3) is 5.17. The maximum atomic E-state index is 2.40. The van der Waals surface area contributed by atoms with Crippen molar-refractivity contribution in [3.05, 3.63) is 30.7 Å². The van der Waals surface area contributed by atoms with Crippen molar-refractivity contribution in [3.63, 3.8) is 0 Å². The predicted molar refractivity (Wildman–Crippen MR) is 54.9 cm³/mol. The quantitative estimate of drug-likeness (QED) is 0.473. The monoisotopic (exact) mass is 163 g/mol. The lowest BCUT2D eigenvalue weighted by Crippen LogP contribution is -1.78. The average Bonchev–Trinajstić information content (AvgIpc) is 2.05. The summed E-state index contributed by atoms with van der Waals surface area (Å²) in [7, 11) is 0. The highest BCUT2D eigenvalue weighted by Crippen LogP contribution is 2.07. The summed E-state index contributed by atoms with van der Waals surface area (Å²) in [5.41, 5.74) is 0. The van der Waals surface area contributed by atoms with Crippen LogP contribution in [0.1, 0.15) is 44.9 Å². The molecule has 1 radical (unpaired) electrons. The van der Waals surface area contributed by atoms with E-state index in [0.717, 1.165) is 0 Å². The van der Waals surface area contributed by atoms with Gasteiger partial charge >= 0.3 is 0 Å². The van der Waals surface area contributed by atoms with Crippen LogP contribution in [0.15, 0.2) is 24.3 Å². The Hall–Kier alpha value is -0.520. The zero-order chi connectivity index (χ0) is 8.49. The van der Waals surface area contributed by atoms with Crippen molar-refractivity contribution < 1.29 is 0 Å². The van der Waals surface area contributed by atoms with Crippen LogP contribution in [0.3, 0.4) is 0 Å². The Morgan fingerprint density at radius 3 is 1.58 bits per heavy atom. The maximum absolute atomic E-state index is 2.40. The zero-order valence-electron chi connectivity index (χ0n) is 7.84. The van der Waals surface area contributed by atoms with Gasteiger partial charge in [0, 0.05) is 0 Å². The summed E-state index contributed by atoms with van der Waals surface area (Å²) < 4.78 is 0. The van der Waals surface area contributed by atoms with E-state index in [-0.39, 0.29) is 0 Å². The Morgan fingerprint density at radius 1 is 0.500 bits per heavy atom. The van der Waals surface area contributed by atoms with E-state index < -0.39 is 0 Å². The molecular weight excluding hydrogens is 144 g/mol. The molecule has 0 amide bonds. The standard InChI is InChI=1S/C12H19/c1-2-4-6-8-10-12-11-9-7-5-3-1/h1-2,7,10,12H,3-6,8-9,11H2. The van der Waals surface area contributed by atoms with Crippen LogP contribution in [-0.2, 0) is 0 Å². The van der Waals surface area contributed by atoms with Crippen LogP contribution in [0.5, 0.6) is 0 Å². The highest BCUT2D eigenvalue weighted by molar-refractivity contribution is 4.89. The Balaban J connectivity index is 2.19. The lowest BCUT2D eigenvalue weighted by atomic mass is 10.1. The van der Waals surface area contributed by atoms with Gasteiger partial charge in [-0.3, -0.25) is 0 Å². The predicted octanol–water partition coefficient (Wildman–Crippen LogP) is 4.05. The minimum absolute atomic E-state index is 1.24. The van der Waals surface area contributed by atoms with Crippen LogP contribution in [0, 0.1) is 6.42 Å². The fraction of sp³-hybridized carbons (Fsp3) is 0.583. The van der Waals surface area contributed by atoms with Crippen LogP contribution in [0.4, 0.5) is 0 Å². The number of hydrogen-bond acceptors (Lipinski definition) is 0. The molecule has 0 saturated heterocycles. The molecular formula is C12H19. The lowest BCUT2D eigenvalue weighted by molar-refractivity contribution is 0.822. The van der Waals surface area contributed by atoms with Gasteiger partial charge in [-0.2, -0.15) is 0 Å². The lowest BCUT2D eigenvalue weighted by Gasteiger charge is -1.97. The Morgan fingerprint density at radius 2 is 1.00 bits per heavy atom. The molecule has 0 heteroatoms. The van der Waals surface area contributed by atoms with Gasteiger partial charge in [0.2, 0.25) is 0 Å². The SMILES string of the molecule is [CH]1CCC=CCCCC=CCC1. The van der Waals surface area contributed by atoms with Gasteiger partial charge < -0.3 is 0 Å². The number of allylic oxidation sites excluding steroid dienone is 4. The van der Waals surface area contributed by atoms with E-state index in [1.807, 2.05) is 0 Å². The molecule has 0 atom stereocenters. The Bertz CT molecular complexity index is 126. The first-order valence-electron chi connectivity index (χ1n) is 5.12. The molecule has 0 nitrogen and oxygen atoms in total. The topological polar surface area (TPSA) is 0 Å². The fourth-order valence-corrected chi connectivity index (χ4v) is 1.40. The largest absolute Gasteiger partial charge is 0.0885 e. The van der Waals surface area contributed by atoms with Gasteiger partial charge in [-0.25, -0.2) is 0 Å². The summed E-state index contributed by atoms with van der Waals surface area (Å²) in [5.74, 6) is 0. The van der Waals surface area contributed by atoms with E-state index in [1.54, 1.807) is 0 Å². The van der Waals surface area contributed by atoms with Crippen molar-refractivity contribution in [3.8, 4) is 0 Å². The van der Waals surface area contributed by atoms with Crippen LogP contribution >= 0.6 is 0 Å². The summed E-state index contributed by atoms with van der Waals surface area (Å²) in [4.78, 5) is 0. The second-order valence-electron chi connectivity index (χ2n) is 3.32. The van der Waals surface area contributed by atoms with Crippen LogP contribution in [0.25, 0.3) is 0 Å². The van der Waals surface area contributed by atoms with Gasteiger partial charge in [0.25, 0.3) is 0 Å². The molecule has 0 saturated carbocycles. The maximum Gasteiger partial charge on any atom is -0.0348 e. The van der Waals surface area contributed by atoms with E-state index in [4.69, 9.17) is 0 Å². The molecule has 1 aliphatic rings. The van der Waals surface area contributed by atoms with Gasteiger partial charge in [-0.15, -0.1) is 0 Å². The second-order valence-corrected chi connectivity index (χ2v) is 3.32. The third-order valence-corrected chi connectivity index (χ3v) is 2.15. The van der Waals surface area contributed by atoms with Gasteiger partial charge in [-0.05, 0) is 51.4 Å². The van der Waals surface area contributed by atoms with E-state index in [0.29, 0.717) is 0 Å². The van der Waals surface area contributed by atoms with Crippen LogP contribution in [0.2, 0.25) is 0 Å². The fourth-order valence-electron chi connectivity index (χ4n) is 1.40. The summed E-state index contributed by atoms with van der Waals surface area (Å²) in [6, 6.07) is 0. The molecule has 0 aliphatic heterocycles. The van der Waals surface area contributed by atoms with Gasteiger partial charge in [-0.1, -0.05) is 24.3 Å². The van der Waals surface area contributed by atoms with Crippen molar-refractivity contribution in [2.45, 2.75) is 44.9 Å². The first kappa shape index (κ1) is 9.57. The molecule has 0 fully saturated rings. The molecule has 0 aromatic heterocycles. The molecule has 0 N–H and O–H groups in total. The van der Waals surface area contributed by atoms with E-state index in [9.17, 15) is 0 Å². The smallest absolute Gasteiger partial charge is 0.0348 e. The molecule has 1 rings (SSSR count). The average molecular weight is 163 g/mol. The first-order valence-corrected chi connectivity index (χ1v) is 5.12. The van der Waals surface area contributed by atoms with Crippen molar-refractivity contribution in [1.29, 1.82) is 0 Å². The normalized spacial score (nSPS) is 21.3. The summed E-state index contributed by atoms with van der Waals surface area (Å²) in [6.45, 7) is 0. The Labute approximate surface area is 76.4 Å². The third-order valence-electron chi connectivity index (χ3n) is 2.15. The second kappa shape index (κ2) is 7.15. The van der Waals surface area contributed by atoms with Crippen LogP contribution in [-0.4, -0.2) is 0 Å². The Kier molecular flexibility index (Phi) is 5.70. The molecule has 0 unspecified atom stereocenters. The molecule has 0 heterocycles. The van der Waals surface area contributed by atoms with E-state index in [1.165, 1.54) is 44.9 Å². The summed E-state index contributed by atoms with van der Waals surface area (Å²) in [6.07, 6.45) is 20.5. The van der Waals surface area contributed by atoms with E-state index >= 15 is 0 Å². The molecule has 0 aromatic rings. The molecule has 0 aromatic carbocycles. The van der Waals surface area contributed by atoms with E-state index in [2.05, 4.69) is 30.7 Å². The molecule has 0 spiro atoms. The molecule has 1 aliphatic carbocycles. The first-order chi connectivity index (χ1) is 6.00. The summed E-state index contributed by atoms with van der Waals surface area (Å²) in [5, 5.41) is 0. The van der Waals surface area contributed by atoms with Gasteiger partial charge in [0.15, 0.2) is 0 Å². The van der Waals surface area contributed by atoms with Gasteiger partial charge in [0.05, 0.1) is 0 Å². The van der Waals surface area contributed by atoms with Crippen molar-refractivity contribution in [1.82, 2.24) is 0 Å². The minimum Gasteiger partial charge on any atom is -0.0885 e.